The Labute approximate surface area is 171 Å². The van der Waals surface area contributed by atoms with Crippen molar-refractivity contribution in [2.45, 2.75) is 33.1 Å². The van der Waals surface area contributed by atoms with Gasteiger partial charge in [-0.25, -0.2) is 4.39 Å². The number of benzene rings is 2. The van der Waals surface area contributed by atoms with Gasteiger partial charge in [0.25, 0.3) is 5.91 Å². The number of nitrogens with zero attached hydrogens (tertiary/aromatic N) is 1. The van der Waals surface area contributed by atoms with E-state index in [4.69, 9.17) is 0 Å². The van der Waals surface area contributed by atoms with Gasteiger partial charge in [-0.05, 0) is 54.7 Å². The average molecular weight is 397 g/mol. The summed E-state index contributed by atoms with van der Waals surface area (Å²) in [5.41, 5.74) is 2.79. The van der Waals surface area contributed by atoms with Crippen molar-refractivity contribution in [3.8, 4) is 0 Å². The molecular formula is C23H28FN3O2. The van der Waals surface area contributed by atoms with Crippen LogP contribution >= 0.6 is 0 Å². The Hall–Kier alpha value is -2.89. The van der Waals surface area contributed by atoms with Gasteiger partial charge in [-0.2, -0.15) is 0 Å². The predicted octanol–water partition coefficient (Wildman–Crippen LogP) is 3.99. The molecule has 6 heteroatoms. The molecule has 1 heterocycles. The summed E-state index contributed by atoms with van der Waals surface area (Å²) in [6.07, 6.45) is 2.37. The van der Waals surface area contributed by atoms with Gasteiger partial charge in [-0.1, -0.05) is 26.0 Å². The van der Waals surface area contributed by atoms with Crippen molar-refractivity contribution in [2.75, 3.05) is 29.9 Å². The van der Waals surface area contributed by atoms with Crippen molar-refractivity contribution < 1.29 is 14.0 Å². The van der Waals surface area contributed by atoms with Gasteiger partial charge < -0.3 is 15.5 Å². The Kier molecular flexibility index (Phi) is 6.86. The van der Waals surface area contributed by atoms with Crippen molar-refractivity contribution in [2.24, 2.45) is 5.92 Å². The van der Waals surface area contributed by atoms with Crippen LogP contribution in [0.3, 0.4) is 0 Å². The van der Waals surface area contributed by atoms with E-state index < -0.39 is 0 Å². The van der Waals surface area contributed by atoms with Crippen LogP contribution < -0.4 is 15.5 Å². The fraction of sp³-hybridized carbons (Fsp3) is 0.391. The Morgan fingerprint density at radius 3 is 2.41 bits per heavy atom. The molecule has 2 N–H and O–H groups in total. The zero-order valence-electron chi connectivity index (χ0n) is 17.0. The van der Waals surface area contributed by atoms with E-state index in [1.807, 2.05) is 26.0 Å². The van der Waals surface area contributed by atoms with Crippen LogP contribution in [0.15, 0.2) is 42.5 Å². The first-order valence-corrected chi connectivity index (χ1v) is 10.1. The van der Waals surface area contributed by atoms with Crippen molar-refractivity contribution in [3.63, 3.8) is 0 Å². The molecule has 0 bridgehead atoms. The second kappa shape index (κ2) is 9.54. The molecule has 29 heavy (non-hydrogen) atoms. The number of anilines is 2. The molecule has 154 valence electrons. The van der Waals surface area contributed by atoms with E-state index in [-0.39, 0.29) is 24.1 Å². The number of hydrogen-bond acceptors (Lipinski definition) is 3. The molecule has 0 spiro atoms. The highest BCUT2D eigenvalue weighted by Gasteiger charge is 2.20. The van der Waals surface area contributed by atoms with Gasteiger partial charge in [0.1, 0.15) is 5.82 Å². The SMILES string of the molecule is CC(C)CNC(=O)c1cc(NC(=O)Cc2ccc(F)cc2)ccc1N1CCCC1. The van der Waals surface area contributed by atoms with E-state index in [9.17, 15) is 14.0 Å². The smallest absolute Gasteiger partial charge is 0.253 e. The molecule has 0 radical (unpaired) electrons. The summed E-state index contributed by atoms with van der Waals surface area (Å²) in [5, 5.41) is 5.83. The fourth-order valence-corrected chi connectivity index (χ4v) is 3.41. The normalized spacial score (nSPS) is 13.6. The molecule has 5 nitrogen and oxygen atoms in total. The van der Waals surface area contributed by atoms with Crippen molar-refractivity contribution in [1.29, 1.82) is 0 Å². The third kappa shape index (κ3) is 5.79. The monoisotopic (exact) mass is 397 g/mol. The molecule has 0 unspecified atom stereocenters. The van der Waals surface area contributed by atoms with Gasteiger partial charge in [0.2, 0.25) is 5.91 Å². The van der Waals surface area contributed by atoms with Crippen LogP contribution in [0, 0.1) is 11.7 Å². The minimum atomic E-state index is -0.330. The molecule has 2 amide bonds. The zero-order chi connectivity index (χ0) is 20.8. The van der Waals surface area contributed by atoms with Crippen molar-refractivity contribution in [3.05, 3.63) is 59.4 Å². The summed E-state index contributed by atoms with van der Waals surface area (Å²) < 4.78 is 13.0. The molecule has 1 saturated heterocycles. The van der Waals surface area contributed by atoms with Crippen LogP contribution in [0.4, 0.5) is 15.8 Å². The van der Waals surface area contributed by atoms with Gasteiger partial charge >= 0.3 is 0 Å². The van der Waals surface area contributed by atoms with E-state index in [1.54, 1.807) is 18.2 Å². The number of carbonyl (C=O) groups excluding carboxylic acids is 2. The predicted molar refractivity (Wildman–Crippen MR) is 114 cm³/mol. The van der Waals surface area contributed by atoms with Gasteiger partial charge in [0.15, 0.2) is 0 Å². The third-order valence-electron chi connectivity index (χ3n) is 4.92. The van der Waals surface area contributed by atoms with E-state index in [1.165, 1.54) is 12.1 Å². The highest BCUT2D eigenvalue weighted by Crippen LogP contribution is 2.27. The van der Waals surface area contributed by atoms with Crippen LogP contribution in [-0.4, -0.2) is 31.4 Å². The first-order chi connectivity index (χ1) is 13.9. The summed E-state index contributed by atoms with van der Waals surface area (Å²) in [6.45, 7) is 6.56. The topological polar surface area (TPSA) is 61.4 Å². The largest absolute Gasteiger partial charge is 0.371 e. The molecule has 1 aliphatic heterocycles. The van der Waals surface area contributed by atoms with Crippen molar-refractivity contribution >= 4 is 23.2 Å². The maximum atomic E-state index is 13.0. The highest BCUT2D eigenvalue weighted by molar-refractivity contribution is 6.02. The first kappa shape index (κ1) is 20.8. The van der Waals surface area contributed by atoms with E-state index >= 15 is 0 Å². The maximum absolute atomic E-state index is 13.0. The second-order valence-electron chi connectivity index (χ2n) is 7.88. The lowest BCUT2D eigenvalue weighted by Crippen LogP contribution is -2.30. The first-order valence-electron chi connectivity index (χ1n) is 10.1. The Morgan fingerprint density at radius 1 is 1.07 bits per heavy atom. The Balaban J connectivity index is 1.76. The number of hydrogen-bond donors (Lipinski definition) is 2. The Morgan fingerprint density at radius 2 is 1.76 bits per heavy atom. The van der Waals surface area contributed by atoms with Crippen LogP contribution in [0.5, 0.6) is 0 Å². The minimum Gasteiger partial charge on any atom is -0.371 e. The summed E-state index contributed by atoms with van der Waals surface area (Å²) in [4.78, 5) is 27.4. The molecule has 3 rings (SSSR count). The third-order valence-corrected chi connectivity index (χ3v) is 4.92. The number of rotatable bonds is 7. The number of halogens is 1. The lowest BCUT2D eigenvalue weighted by atomic mass is 10.1. The molecule has 0 aromatic heterocycles. The average Bonchev–Trinajstić information content (AvgIpc) is 3.22. The van der Waals surface area contributed by atoms with E-state index in [0.29, 0.717) is 23.7 Å². The molecule has 0 atom stereocenters. The zero-order valence-corrected chi connectivity index (χ0v) is 17.0. The molecule has 1 aliphatic rings. The van der Waals surface area contributed by atoms with Crippen LogP contribution in [0.25, 0.3) is 0 Å². The molecule has 0 saturated carbocycles. The molecule has 0 aliphatic carbocycles. The standard InChI is InChI=1S/C23H28FN3O2/c1-16(2)15-25-23(29)20-14-19(9-10-21(20)27-11-3-4-12-27)26-22(28)13-17-5-7-18(24)8-6-17/h5-10,14,16H,3-4,11-13,15H2,1-2H3,(H,25,29)(H,26,28). The minimum absolute atomic E-state index is 0.129. The van der Waals surface area contributed by atoms with Crippen LogP contribution in [0.1, 0.15) is 42.6 Å². The summed E-state index contributed by atoms with van der Waals surface area (Å²) in [6, 6.07) is 11.3. The lowest BCUT2D eigenvalue weighted by molar-refractivity contribution is -0.115. The van der Waals surface area contributed by atoms with E-state index in [2.05, 4.69) is 15.5 Å². The molecule has 1 fully saturated rings. The van der Waals surface area contributed by atoms with Gasteiger partial charge in [-0.15, -0.1) is 0 Å². The summed E-state index contributed by atoms with van der Waals surface area (Å²) in [5.74, 6) is -0.314. The summed E-state index contributed by atoms with van der Waals surface area (Å²) >= 11 is 0. The van der Waals surface area contributed by atoms with Crippen LogP contribution in [0.2, 0.25) is 0 Å². The molecular weight excluding hydrogens is 369 g/mol. The maximum Gasteiger partial charge on any atom is 0.253 e. The Bertz CT molecular complexity index is 859. The lowest BCUT2D eigenvalue weighted by Gasteiger charge is -2.22. The highest BCUT2D eigenvalue weighted by atomic mass is 19.1. The number of nitrogens with one attached hydrogen (secondary N) is 2. The van der Waals surface area contributed by atoms with Gasteiger partial charge in [0.05, 0.1) is 12.0 Å². The van der Waals surface area contributed by atoms with Gasteiger partial charge in [0, 0.05) is 31.0 Å². The van der Waals surface area contributed by atoms with E-state index in [0.717, 1.165) is 37.2 Å². The van der Waals surface area contributed by atoms with Crippen molar-refractivity contribution in [1.82, 2.24) is 5.32 Å². The second-order valence-corrected chi connectivity index (χ2v) is 7.88. The summed E-state index contributed by atoms with van der Waals surface area (Å²) in [7, 11) is 0. The van der Waals surface area contributed by atoms with Gasteiger partial charge in [-0.3, -0.25) is 9.59 Å². The molecule has 2 aromatic carbocycles. The molecule has 2 aromatic rings. The quantitative estimate of drug-likeness (QED) is 0.743. The number of carbonyl (C=O) groups is 2. The van der Waals surface area contributed by atoms with Crippen LogP contribution in [-0.2, 0) is 11.2 Å². The number of amides is 2. The fourth-order valence-electron chi connectivity index (χ4n) is 3.41.